The molecule has 30 heavy (non-hydrogen) atoms. The summed E-state index contributed by atoms with van der Waals surface area (Å²) in [5, 5.41) is 2.99. The highest BCUT2D eigenvalue weighted by Gasteiger charge is 2.50. The summed E-state index contributed by atoms with van der Waals surface area (Å²) in [6.45, 7) is 10.3. The molecule has 1 N–H and O–H groups in total. The Balaban J connectivity index is 1.35. The van der Waals surface area contributed by atoms with Crippen molar-refractivity contribution in [2.45, 2.75) is 71.8 Å². The quantitative estimate of drug-likeness (QED) is 0.791. The van der Waals surface area contributed by atoms with E-state index in [0.717, 1.165) is 43.7 Å². The van der Waals surface area contributed by atoms with Gasteiger partial charge in [-0.2, -0.15) is 0 Å². The van der Waals surface area contributed by atoms with Crippen LogP contribution in [0.15, 0.2) is 24.3 Å². The fourth-order valence-electron chi connectivity index (χ4n) is 6.26. The van der Waals surface area contributed by atoms with Crippen LogP contribution in [0.2, 0.25) is 0 Å². The van der Waals surface area contributed by atoms with Crippen LogP contribution in [0.1, 0.15) is 76.1 Å². The molecule has 2 bridgehead atoms. The highest BCUT2D eigenvalue weighted by molar-refractivity contribution is 5.96. The van der Waals surface area contributed by atoms with Gasteiger partial charge in [-0.1, -0.05) is 33.6 Å². The van der Waals surface area contributed by atoms with Gasteiger partial charge in [-0.15, -0.1) is 0 Å². The smallest absolute Gasteiger partial charge is 0.254 e. The van der Waals surface area contributed by atoms with Gasteiger partial charge in [-0.25, -0.2) is 0 Å². The topological polar surface area (TPSA) is 52.7 Å². The minimum absolute atomic E-state index is 0.0273. The molecule has 2 saturated heterocycles. The maximum Gasteiger partial charge on any atom is 0.254 e. The van der Waals surface area contributed by atoms with Gasteiger partial charge in [0.05, 0.1) is 6.54 Å². The predicted octanol–water partition coefficient (Wildman–Crippen LogP) is 4.54. The molecule has 0 spiro atoms. The van der Waals surface area contributed by atoms with Crippen LogP contribution in [-0.4, -0.2) is 53.8 Å². The third-order valence-electron chi connectivity index (χ3n) is 7.16. The normalized spacial score (nSPS) is 28.8. The van der Waals surface area contributed by atoms with Crippen LogP contribution in [0.4, 0.5) is 5.69 Å². The average Bonchev–Trinajstić information content (AvgIpc) is 2.82. The maximum absolute atomic E-state index is 13.2. The van der Waals surface area contributed by atoms with Crippen LogP contribution in [0.3, 0.4) is 0 Å². The Labute approximate surface area is 181 Å². The molecular formula is C25H37N3O2. The zero-order valence-electron chi connectivity index (χ0n) is 18.9. The van der Waals surface area contributed by atoms with Crippen molar-refractivity contribution in [3.63, 3.8) is 0 Å². The first-order chi connectivity index (χ1) is 14.2. The van der Waals surface area contributed by atoms with E-state index < -0.39 is 0 Å². The molecule has 2 amide bonds. The maximum atomic E-state index is 13.2. The van der Waals surface area contributed by atoms with E-state index in [-0.39, 0.29) is 17.2 Å². The van der Waals surface area contributed by atoms with Gasteiger partial charge >= 0.3 is 0 Å². The lowest BCUT2D eigenvalue weighted by atomic mass is 9.65. The van der Waals surface area contributed by atoms with Crippen molar-refractivity contribution in [3.8, 4) is 0 Å². The summed E-state index contributed by atoms with van der Waals surface area (Å²) in [7, 11) is 0. The zero-order chi connectivity index (χ0) is 21.4. The first-order valence-electron chi connectivity index (χ1n) is 11.7. The minimum atomic E-state index is 0.0273. The van der Waals surface area contributed by atoms with E-state index >= 15 is 0 Å². The zero-order valence-corrected chi connectivity index (χ0v) is 18.9. The molecule has 5 heteroatoms. The number of likely N-dealkylation sites (tertiary alicyclic amines) is 2. The molecule has 5 nitrogen and oxygen atoms in total. The Morgan fingerprint density at radius 1 is 1.00 bits per heavy atom. The number of hydrogen-bond acceptors (Lipinski definition) is 3. The fraction of sp³-hybridized carbons (Fsp3) is 0.680. The summed E-state index contributed by atoms with van der Waals surface area (Å²) in [4.78, 5) is 30.0. The van der Waals surface area contributed by atoms with Gasteiger partial charge in [0, 0.05) is 23.8 Å². The molecule has 1 aromatic rings. The number of hydrogen-bond donors (Lipinski definition) is 1. The van der Waals surface area contributed by atoms with Crippen molar-refractivity contribution in [2.75, 3.05) is 31.5 Å². The van der Waals surface area contributed by atoms with Gasteiger partial charge < -0.3 is 10.2 Å². The van der Waals surface area contributed by atoms with Crippen molar-refractivity contribution >= 4 is 17.5 Å². The molecule has 2 aliphatic heterocycles. The first-order valence-corrected chi connectivity index (χ1v) is 11.7. The molecule has 164 valence electrons. The Kier molecular flexibility index (Phi) is 5.93. The monoisotopic (exact) mass is 411 g/mol. The van der Waals surface area contributed by atoms with E-state index in [1.54, 1.807) is 0 Å². The van der Waals surface area contributed by atoms with E-state index in [4.69, 9.17) is 0 Å². The Morgan fingerprint density at radius 3 is 2.33 bits per heavy atom. The SMILES string of the molecule is CC1(C)CC2CC(C)(CN2C(=O)c2ccc(NC(=O)CN3CCCCCC3)cc2)C1. The van der Waals surface area contributed by atoms with Gasteiger partial charge in [0.15, 0.2) is 0 Å². The molecule has 2 heterocycles. The van der Waals surface area contributed by atoms with Gasteiger partial charge in [0.25, 0.3) is 5.91 Å². The standard InChI is InChI=1S/C25H37N3O2/c1-24(2)14-21-15-25(3,17-24)18-28(21)23(30)19-8-10-20(11-9-19)26-22(29)16-27-12-6-4-5-7-13-27/h8-11,21H,4-7,12-18H2,1-3H3,(H,26,29). The van der Waals surface area contributed by atoms with Crippen LogP contribution in [-0.2, 0) is 4.79 Å². The molecule has 0 radical (unpaired) electrons. The molecule has 1 aliphatic carbocycles. The fourth-order valence-corrected chi connectivity index (χ4v) is 6.26. The summed E-state index contributed by atoms with van der Waals surface area (Å²) >= 11 is 0. The van der Waals surface area contributed by atoms with Crippen molar-refractivity contribution in [1.29, 1.82) is 0 Å². The highest BCUT2D eigenvalue weighted by Crippen LogP contribution is 2.52. The molecule has 1 saturated carbocycles. The lowest BCUT2D eigenvalue weighted by Crippen LogP contribution is -2.37. The van der Waals surface area contributed by atoms with Crippen LogP contribution in [0.25, 0.3) is 0 Å². The first kappa shape index (κ1) is 21.4. The number of carbonyl (C=O) groups is 2. The molecule has 2 atom stereocenters. The second kappa shape index (κ2) is 8.33. The molecule has 4 rings (SSSR count). The summed E-state index contributed by atoms with van der Waals surface area (Å²) in [5.74, 6) is 0.156. The Morgan fingerprint density at radius 2 is 1.67 bits per heavy atom. The summed E-state index contributed by atoms with van der Waals surface area (Å²) in [6, 6.07) is 7.79. The van der Waals surface area contributed by atoms with Gasteiger partial charge in [0.2, 0.25) is 5.91 Å². The summed E-state index contributed by atoms with van der Waals surface area (Å²) in [5.41, 5.74) is 2.02. The molecule has 2 unspecified atom stereocenters. The van der Waals surface area contributed by atoms with Crippen LogP contribution >= 0.6 is 0 Å². The molecule has 3 aliphatic rings. The van der Waals surface area contributed by atoms with E-state index in [2.05, 4.69) is 35.9 Å². The summed E-state index contributed by atoms with van der Waals surface area (Å²) in [6.07, 6.45) is 8.27. The van der Waals surface area contributed by atoms with E-state index in [9.17, 15) is 9.59 Å². The van der Waals surface area contributed by atoms with Crippen molar-refractivity contribution < 1.29 is 9.59 Å². The minimum Gasteiger partial charge on any atom is -0.335 e. The Bertz CT molecular complexity index is 780. The van der Waals surface area contributed by atoms with Gasteiger partial charge in [-0.3, -0.25) is 14.5 Å². The number of benzene rings is 1. The van der Waals surface area contributed by atoms with Gasteiger partial charge in [0.1, 0.15) is 0 Å². The predicted molar refractivity (Wildman–Crippen MR) is 121 cm³/mol. The number of nitrogens with zero attached hydrogens (tertiary/aromatic N) is 2. The third kappa shape index (κ3) is 4.88. The molecule has 3 fully saturated rings. The second-order valence-electron chi connectivity index (χ2n) is 11.0. The van der Waals surface area contributed by atoms with Crippen LogP contribution in [0, 0.1) is 10.8 Å². The molecule has 1 aromatic carbocycles. The van der Waals surface area contributed by atoms with Crippen molar-refractivity contribution in [2.24, 2.45) is 10.8 Å². The lowest BCUT2D eigenvalue weighted by Gasteiger charge is -2.39. The number of carbonyl (C=O) groups excluding carboxylic acids is 2. The van der Waals surface area contributed by atoms with E-state index in [0.29, 0.717) is 18.0 Å². The largest absolute Gasteiger partial charge is 0.335 e. The third-order valence-corrected chi connectivity index (χ3v) is 7.16. The molecular weight excluding hydrogens is 374 g/mol. The molecule has 0 aromatic heterocycles. The average molecular weight is 412 g/mol. The number of nitrogens with one attached hydrogen (secondary N) is 1. The van der Waals surface area contributed by atoms with E-state index in [1.807, 2.05) is 24.3 Å². The van der Waals surface area contributed by atoms with E-state index in [1.165, 1.54) is 32.1 Å². The number of fused-ring (bicyclic) bond motifs is 2. The second-order valence-corrected chi connectivity index (χ2v) is 11.0. The van der Waals surface area contributed by atoms with Crippen molar-refractivity contribution in [1.82, 2.24) is 9.80 Å². The number of rotatable bonds is 4. The lowest BCUT2D eigenvalue weighted by molar-refractivity contribution is -0.117. The highest BCUT2D eigenvalue weighted by atomic mass is 16.2. The van der Waals surface area contributed by atoms with Crippen LogP contribution < -0.4 is 5.32 Å². The number of amides is 2. The van der Waals surface area contributed by atoms with Crippen LogP contribution in [0.5, 0.6) is 0 Å². The number of anilines is 1. The summed E-state index contributed by atoms with van der Waals surface area (Å²) < 4.78 is 0. The van der Waals surface area contributed by atoms with Crippen molar-refractivity contribution in [3.05, 3.63) is 29.8 Å². The Hall–Kier alpha value is -1.88. The van der Waals surface area contributed by atoms with Gasteiger partial charge in [-0.05, 0) is 80.3 Å².